The average molecular weight is 280 g/mol. The van der Waals surface area contributed by atoms with Crippen LogP contribution in [0.5, 0.6) is 0 Å². The monoisotopic (exact) mass is 280 g/mol. The van der Waals surface area contributed by atoms with Crippen LogP contribution in [0.15, 0.2) is 11.2 Å². The molecule has 0 radical (unpaired) electrons. The van der Waals surface area contributed by atoms with Gasteiger partial charge < -0.3 is 5.32 Å². The number of aromatic nitrogens is 2. The summed E-state index contributed by atoms with van der Waals surface area (Å²) >= 11 is 1.91. The van der Waals surface area contributed by atoms with Gasteiger partial charge in [0.15, 0.2) is 5.17 Å². The van der Waals surface area contributed by atoms with E-state index in [9.17, 15) is 0 Å². The standard InChI is InChI=1S/C14H24N4S/c1-5-11(6-2)13-9-16-14(19-13)15-7-12-8-17-18(4)10(12)3/h8,11,13H,5-7,9H2,1-4H3,(H,15,16). The molecular weight excluding hydrogens is 256 g/mol. The molecule has 0 fully saturated rings. The maximum Gasteiger partial charge on any atom is 0.157 e. The number of hydrogen-bond acceptors (Lipinski definition) is 4. The van der Waals surface area contributed by atoms with Gasteiger partial charge in [-0.1, -0.05) is 38.5 Å². The van der Waals surface area contributed by atoms with Crippen molar-refractivity contribution in [2.24, 2.45) is 18.0 Å². The van der Waals surface area contributed by atoms with Crippen LogP contribution < -0.4 is 5.32 Å². The Bertz CT molecular complexity index is 448. The minimum absolute atomic E-state index is 0.660. The summed E-state index contributed by atoms with van der Waals surface area (Å²) in [4.78, 5) is 4.63. The van der Waals surface area contributed by atoms with E-state index < -0.39 is 0 Å². The van der Waals surface area contributed by atoms with E-state index in [0.29, 0.717) is 5.25 Å². The van der Waals surface area contributed by atoms with Crippen molar-refractivity contribution in [3.05, 3.63) is 17.5 Å². The predicted octanol–water partition coefficient (Wildman–Crippen LogP) is 2.73. The van der Waals surface area contributed by atoms with E-state index >= 15 is 0 Å². The van der Waals surface area contributed by atoms with E-state index in [0.717, 1.165) is 24.2 Å². The zero-order valence-corrected chi connectivity index (χ0v) is 13.1. The fourth-order valence-corrected chi connectivity index (χ4v) is 3.75. The Labute approximate surface area is 120 Å². The van der Waals surface area contributed by atoms with Crippen molar-refractivity contribution >= 4 is 16.9 Å². The number of aliphatic imine (C=N–C) groups is 1. The highest BCUT2D eigenvalue weighted by Crippen LogP contribution is 2.30. The van der Waals surface area contributed by atoms with Gasteiger partial charge in [0.1, 0.15) is 0 Å². The number of amidine groups is 1. The molecule has 5 heteroatoms. The summed E-state index contributed by atoms with van der Waals surface area (Å²) in [5.74, 6) is 0.785. The van der Waals surface area contributed by atoms with E-state index in [1.54, 1.807) is 0 Å². The van der Waals surface area contributed by atoms with Crippen LogP contribution in [-0.4, -0.2) is 26.7 Å². The number of thioether (sulfide) groups is 1. The molecule has 19 heavy (non-hydrogen) atoms. The fourth-order valence-electron chi connectivity index (χ4n) is 2.44. The zero-order valence-electron chi connectivity index (χ0n) is 12.3. The van der Waals surface area contributed by atoms with Crippen molar-refractivity contribution < 1.29 is 0 Å². The van der Waals surface area contributed by atoms with Crippen molar-refractivity contribution in [1.82, 2.24) is 15.1 Å². The summed E-state index contributed by atoms with van der Waals surface area (Å²) in [6.07, 6.45) is 4.43. The Hall–Kier alpha value is -0.970. The summed E-state index contributed by atoms with van der Waals surface area (Å²) in [5, 5.41) is 9.46. The highest BCUT2D eigenvalue weighted by Gasteiger charge is 2.25. The summed E-state index contributed by atoms with van der Waals surface area (Å²) in [7, 11) is 1.98. The molecule has 4 nitrogen and oxygen atoms in total. The minimum atomic E-state index is 0.660. The van der Waals surface area contributed by atoms with Gasteiger partial charge in [0.05, 0.1) is 12.7 Å². The molecule has 1 unspecified atom stereocenters. The summed E-state index contributed by atoms with van der Waals surface area (Å²) < 4.78 is 1.91. The average Bonchev–Trinajstić information content (AvgIpc) is 2.99. The first-order chi connectivity index (χ1) is 9.15. The van der Waals surface area contributed by atoms with Gasteiger partial charge in [0, 0.05) is 30.1 Å². The van der Waals surface area contributed by atoms with Gasteiger partial charge >= 0.3 is 0 Å². The number of hydrogen-bond donors (Lipinski definition) is 1. The third-order valence-corrected chi connectivity index (χ3v) is 5.35. The van der Waals surface area contributed by atoms with E-state index in [4.69, 9.17) is 0 Å². The lowest BCUT2D eigenvalue weighted by Gasteiger charge is -2.18. The van der Waals surface area contributed by atoms with Crippen molar-refractivity contribution in [3.8, 4) is 0 Å². The molecule has 1 aliphatic rings. The number of aryl methyl sites for hydroxylation is 1. The third kappa shape index (κ3) is 3.32. The first-order valence-electron chi connectivity index (χ1n) is 7.08. The molecule has 1 atom stereocenters. The molecule has 1 aliphatic heterocycles. The zero-order chi connectivity index (χ0) is 13.8. The summed E-state index contributed by atoms with van der Waals surface area (Å²) in [5.41, 5.74) is 2.46. The van der Waals surface area contributed by atoms with Gasteiger partial charge in [-0.2, -0.15) is 5.10 Å². The fraction of sp³-hybridized carbons (Fsp3) is 0.714. The van der Waals surface area contributed by atoms with Crippen LogP contribution >= 0.6 is 11.8 Å². The number of nitrogens with zero attached hydrogens (tertiary/aromatic N) is 3. The largest absolute Gasteiger partial charge is 0.361 e. The van der Waals surface area contributed by atoms with Crippen LogP contribution in [-0.2, 0) is 13.6 Å². The van der Waals surface area contributed by atoms with Crippen LogP contribution in [0.3, 0.4) is 0 Å². The topological polar surface area (TPSA) is 42.2 Å². The minimum Gasteiger partial charge on any atom is -0.361 e. The third-order valence-electron chi connectivity index (χ3n) is 4.02. The lowest BCUT2D eigenvalue weighted by molar-refractivity contribution is 0.479. The van der Waals surface area contributed by atoms with Crippen LogP contribution in [0.25, 0.3) is 0 Å². The Morgan fingerprint density at radius 1 is 1.47 bits per heavy atom. The van der Waals surface area contributed by atoms with Gasteiger partial charge in [-0.15, -0.1) is 0 Å². The molecule has 0 aromatic carbocycles. The van der Waals surface area contributed by atoms with E-state index in [1.807, 2.05) is 29.7 Å². The Morgan fingerprint density at radius 3 is 2.79 bits per heavy atom. The molecule has 0 spiro atoms. The molecule has 0 amide bonds. The second-order valence-electron chi connectivity index (χ2n) is 5.11. The lowest BCUT2D eigenvalue weighted by Crippen LogP contribution is -2.21. The molecule has 0 saturated carbocycles. The van der Waals surface area contributed by atoms with Gasteiger partial charge in [0.25, 0.3) is 0 Å². The van der Waals surface area contributed by atoms with Crippen LogP contribution in [0.2, 0.25) is 0 Å². The molecule has 1 aromatic rings. The highest BCUT2D eigenvalue weighted by atomic mass is 32.2. The van der Waals surface area contributed by atoms with Crippen molar-refractivity contribution in [3.63, 3.8) is 0 Å². The first-order valence-corrected chi connectivity index (χ1v) is 7.96. The molecule has 0 bridgehead atoms. The number of nitrogens with one attached hydrogen (secondary N) is 1. The van der Waals surface area contributed by atoms with Crippen molar-refractivity contribution in [2.45, 2.75) is 45.4 Å². The van der Waals surface area contributed by atoms with Crippen molar-refractivity contribution in [1.29, 1.82) is 0 Å². The van der Waals surface area contributed by atoms with E-state index in [-0.39, 0.29) is 0 Å². The molecule has 1 aromatic heterocycles. The van der Waals surface area contributed by atoms with Crippen LogP contribution in [0.4, 0.5) is 0 Å². The highest BCUT2D eigenvalue weighted by molar-refractivity contribution is 8.14. The van der Waals surface area contributed by atoms with Crippen LogP contribution in [0, 0.1) is 12.8 Å². The lowest BCUT2D eigenvalue weighted by atomic mass is 9.99. The van der Waals surface area contributed by atoms with Crippen molar-refractivity contribution in [2.75, 3.05) is 6.54 Å². The maximum absolute atomic E-state index is 4.63. The second kappa shape index (κ2) is 6.46. The second-order valence-corrected chi connectivity index (χ2v) is 6.34. The number of rotatable bonds is 5. The van der Waals surface area contributed by atoms with Gasteiger partial charge in [0.2, 0.25) is 0 Å². The maximum atomic E-state index is 4.63. The van der Waals surface area contributed by atoms with Gasteiger partial charge in [-0.05, 0) is 12.8 Å². The predicted molar refractivity (Wildman–Crippen MR) is 82.5 cm³/mol. The van der Waals surface area contributed by atoms with E-state index in [1.165, 1.54) is 24.1 Å². The summed E-state index contributed by atoms with van der Waals surface area (Å²) in [6, 6.07) is 0. The molecule has 2 rings (SSSR count). The molecular formula is C14H24N4S. The van der Waals surface area contributed by atoms with E-state index in [2.05, 4.69) is 36.2 Å². The normalized spacial score (nSPS) is 19.0. The molecule has 0 saturated heterocycles. The van der Waals surface area contributed by atoms with Crippen LogP contribution in [0.1, 0.15) is 37.9 Å². The SMILES string of the molecule is CCC(CC)C1CN=C(NCc2cnn(C)c2C)S1. The Kier molecular flexibility index (Phi) is 4.91. The first kappa shape index (κ1) is 14.4. The Morgan fingerprint density at radius 2 is 2.21 bits per heavy atom. The molecule has 2 heterocycles. The quantitative estimate of drug-likeness (QED) is 0.902. The molecule has 0 aliphatic carbocycles. The smallest absolute Gasteiger partial charge is 0.157 e. The molecule has 1 N–H and O–H groups in total. The molecule has 106 valence electrons. The van der Waals surface area contributed by atoms with Gasteiger partial charge in [-0.25, -0.2) is 0 Å². The summed E-state index contributed by atoms with van der Waals surface area (Å²) in [6.45, 7) is 8.44. The van der Waals surface area contributed by atoms with Gasteiger partial charge in [-0.3, -0.25) is 9.67 Å². The Balaban J connectivity index is 1.84.